The normalized spacial score (nSPS) is 10.1. The van der Waals surface area contributed by atoms with E-state index in [4.69, 9.17) is 36.9 Å². The largest absolute Gasteiger partial charge is 0.493 e. The molecule has 2 aromatic carbocycles. The Morgan fingerprint density at radius 1 is 0.917 bits per heavy atom. The van der Waals surface area contributed by atoms with Crippen molar-refractivity contribution < 1.29 is 18.9 Å². The Labute approximate surface area is 147 Å². The standard InChI is InChI=1S/C18H21NO4S/c1-3-21-15-6-4-5-7-16(15)22-10-11-23-17-12-13(18(19)24)8-9-14(17)20-2/h4-9,12H,3,10-11H2,1-2H3,(H2,19,24). The van der Waals surface area contributed by atoms with Gasteiger partial charge in [-0.2, -0.15) is 0 Å². The van der Waals surface area contributed by atoms with Crippen molar-refractivity contribution in [3.8, 4) is 23.0 Å². The molecular formula is C18H21NO4S. The van der Waals surface area contributed by atoms with Gasteiger partial charge in [0.05, 0.1) is 13.7 Å². The highest BCUT2D eigenvalue weighted by Crippen LogP contribution is 2.29. The third kappa shape index (κ3) is 4.76. The number of methoxy groups -OCH3 is 1. The summed E-state index contributed by atoms with van der Waals surface area (Å²) in [6.07, 6.45) is 0. The third-order valence-corrected chi connectivity index (χ3v) is 3.43. The molecule has 0 fully saturated rings. The SMILES string of the molecule is CCOc1ccccc1OCCOc1cc(C(N)=S)ccc1OC. The van der Waals surface area contributed by atoms with Gasteiger partial charge in [0.2, 0.25) is 0 Å². The van der Waals surface area contributed by atoms with Crippen LogP contribution >= 0.6 is 12.2 Å². The van der Waals surface area contributed by atoms with Crippen LogP contribution < -0.4 is 24.7 Å². The van der Waals surface area contributed by atoms with Crippen LogP contribution in [0.15, 0.2) is 42.5 Å². The van der Waals surface area contributed by atoms with E-state index in [2.05, 4.69) is 0 Å². The van der Waals surface area contributed by atoms with Crippen molar-refractivity contribution in [3.05, 3.63) is 48.0 Å². The Kier molecular flexibility index (Phi) is 6.69. The first-order valence-corrected chi connectivity index (χ1v) is 8.01. The maximum atomic E-state index is 5.73. The minimum Gasteiger partial charge on any atom is -0.493 e. The van der Waals surface area contributed by atoms with Gasteiger partial charge in [-0.3, -0.25) is 0 Å². The third-order valence-electron chi connectivity index (χ3n) is 3.20. The second kappa shape index (κ2) is 8.98. The summed E-state index contributed by atoms with van der Waals surface area (Å²) < 4.78 is 22.2. The molecule has 24 heavy (non-hydrogen) atoms. The molecule has 2 rings (SSSR count). The van der Waals surface area contributed by atoms with E-state index in [1.54, 1.807) is 25.3 Å². The van der Waals surface area contributed by atoms with Gasteiger partial charge in [0.15, 0.2) is 23.0 Å². The van der Waals surface area contributed by atoms with Crippen molar-refractivity contribution in [3.63, 3.8) is 0 Å². The van der Waals surface area contributed by atoms with Crippen LogP contribution in [0, 0.1) is 0 Å². The van der Waals surface area contributed by atoms with Crippen LogP contribution in [-0.2, 0) is 0 Å². The number of nitrogens with two attached hydrogens (primary N) is 1. The molecule has 5 nitrogen and oxygen atoms in total. The van der Waals surface area contributed by atoms with Crippen LogP contribution in [0.1, 0.15) is 12.5 Å². The van der Waals surface area contributed by atoms with E-state index in [-0.39, 0.29) is 0 Å². The second-order valence-electron chi connectivity index (χ2n) is 4.81. The highest BCUT2D eigenvalue weighted by molar-refractivity contribution is 7.80. The zero-order valence-electron chi connectivity index (χ0n) is 13.8. The van der Waals surface area contributed by atoms with Crippen molar-refractivity contribution in [1.82, 2.24) is 0 Å². The van der Waals surface area contributed by atoms with Crippen molar-refractivity contribution in [2.45, 2.75) is 6.92 Å². The predicted octanol–water partition coefficient (Wildman–Crippen LogP) is 3.19. The second-order valence-corrected chi connectivity index (χ2v) is 5.25. The first kappa shape index (κ1) is 17.9. The summed E-state index contributed by atoms with van der Waals surface area (Å²) in [5.74, 6) is 2.59. The number of thiocarbonyl (C=S) groups is 1. The monoisotopic (exact) mass is 347 g/mol. The highest BCUT2D eigenvalue weighted by Gasteiger charge is 2.08. The molecule has 0 radical (unpaired) electrons. The summed E-state index contributed by atoms with van der Waals surface area (Å²) in [4.78, 5) is 0.310. The lowest BCUT2D eigenvalue weighted by molar-refractivity contribution is 0.203. The molecule has 0 aliphatic rings. The summed E-state index contributed by atoms with van der Waals surface area (Å²) >= 11 is 4.98. The fraction of sp³-hybridized carbons (Fsp3) is 0.278. The molecule has 0 saturated heterocycles. The first-order valence-electron chi connectivity index (χ1n) is 7.61. The Balaban J connectivity index is 1.95. The van der Waals surface area contributed by atoms with Crippen LogP contribution in [0.2, 0.25) is 0 Å². The minimum atomic E-state index is 0.310. The maximum absolute atomic E-state index is 5.73. The molecule has 0 aromatic heterocycles. The van der Waals surface area contributed by atoms with Crippen molar-refractivity contribution in [2.75, 3.05) is 26.9 Å². The average Bonchev–Trinajstić information content (AvgIpc) is 2.60. The molecule has 0 unspecified atom stereocenters. The number of ether oxygens (including phenoxy) is 4. The lowest BCUT2D eigenvalue weighted by Crippen LogP contribution is -2.12. The zero-order valence-corrected chi connectivity index (χ0v) is 14.6. The molecule has 0 amide bonds. The van der Waals surface area contributed by atoms with Crippen LogP contribution in [0.3, 0.4) is 0 Å². The van der Waals surface area contributed by atoms with Gasteiger partial charge >= 0.3 is 0 Å². The van der Waals surface area contributed by atoms with Gasteiger partial charge < -0.3 is 24.7 Å². The van der Waals surface area contributed by atoms with E-state index >= 15 is 0 Å². The van der Waals surface area contributed by atoms with Crippen LogP contribution in [-0.4, -0.2) is 31.9 Å². The first-order chi connectivity index (χ1) is 11.7. The quantitative estimate of drug-likeness (QED) is 0.555. The van der Waals surface area contributed by atoms with Gasteiger partial charge in [0.1, 0.15) is 18.2 Å². The lowest BCUT2D eigenvalue weighted by Gasteiger charge is -2.14. The summed E-state index contributed by atoms with van der Waals surface area (Å²) in [6, 6.07) is 12.9. The minimum absolute atomic E-state index is 0.310. The Morgan fingerprint density at radius 3 is 2.12 bits per heavy atom. The molecule has 2 aromatic rings. The molecule has 0 spiro atoms. The number of benzene rings is 2. The number of rotatable bonds is 9. The van der Waals surface area contributed by atoms with E-state index in [9.17, 15) is 0 Å². The fourth-order valence-electron chi connectivity index (χ4n) is 2.09. The van der Waals surface area contributed by atoms with E-state index in [0.29, 0.717) is 47.8 Å². The molecule has 2 N–H and O–H groups in total. The topological polar surface area (TPSA) is 62.9 Å². The fourth-order valence-corrected chi connectivity index (χ4v) is 2.22. The van der Waals surface area contributed by atoms with Crippen LogP contribution in [0.4, 0.5) is 0 Å². The maximum Gasteiger partial charge on any atom is 0.162 e. The van der Waals surface area contributed by atoms with E-state index in [1.807, 2.05) is 31.2 Å². The molecule has 0 heterocycles. The van der Waals surface area contributed by atoms with Crippen LogP contribution in [0.5, 0.6) is 23.0 Å². The summed E-state index contributed by atoms with van der Waals surface area (Å²) in [6.45, 7) is 3.23. The summed E-state index contributed by atoms with van der Waals surface area (Å²) in [5.41, 5.74) is 6.37. The van der Waals surface area contributed by atoms with Crippen molar-refractivity contribution in [2.24, 2.45) is 5.73 Å². The number of hydrogen-bond donors (Lipinski definition) is 1. The van der Waals surface area contributed by atoms with Gasteiger partial charge in [0, 0.05) is 5.56 Å². The Hall–Kier alpha value is -2.47. The molecule has 0 aliphatic heterocycles. The molecular weight excluding hydrogens is 326 g/mol. The molecule has 0 atom stereocenters. The number of para-hydroxylation sites is 2. The highest BCUT2D eigenvalue weighted by atomic mass is 32.1. The van der Waals surface area contributed by atoms with Gasteiger partial charge in [-0.05, 0) is 37.3 Å². The average molecular weight is 347 g/mol. The smallest absolute Gasteiger partial charge is 0.162 e. The van der Waals surface area contributed by atoms with Crippen molar-refractivity contribution in [1.29, 1.82) is 0 Å². The molecule has 128 valence electrons. The summed E-state index contributed by atoms with van der Waals surface area (Å²) in [5, 5.41) is 0. The Morgan fingerprint density at radius 2 is 1.54 bits per heavy atom. The predicted molar refractivity (Wildman–Crippen MR) is 97.5 cm³/mol. The van der Waals surface area contributed by atoms with Gasteiger partial charge in [-0.15, -0.1) is 0 Å². The number of hydrogen-bond acceptors (Lipinski definition) is 5. The van der Waals surface area contributed by atoms with E-state index in [1.165, 1.54) is 0 Å². The van der Waals surface area contributed by atoms with Gasteiger partial charge in [0.25, 0.3) is 0 Å². The van der Waals surface area contributed by atoms with Crippen LogP contribution in [0.25, 0.3) is 0 Å². The Bertz CT molecular complexity index is 690. The lowest BCUT2D eigenvalue weighted by atomic mass is 10.2. The molecule has 0 saturated carbocycles. The van der Waals surface area contributed by atoms with E-state index < -0.39 is 0 Å². The van der Waals surface area contributed by atoms with Crippen molar-refractivity contribution >= 4 is 17.2 Å². The van der Waals surface area contributed by atoms with E-state index in [0.717, 1.165) is 5.56 Å². The molecule has 0 aliphatic carbocycles. The molecule has 6 heteroatoms. The zero-order chi connectivity index (χ0) is 17.4. The van der Waals surface area contributed by atoms with Gasteiger partial charge in [-0.25, -0.2) is 0 Å². The van der Waals surface area contributed by atoms with Gasteiger partial charge in [-0.1, -0.05) is 24.4 Å². The summed E-state index contributed by atoms with van der Waals surface area (Å²) in [7, 11) is 1.58. The molecule has 0 bridgehead atoms.